The van der Waals surface area contributed by atoms with Crippen LogP contribution in [-0.4, -0.2) is 90.6 Å². The van der Waals surface area contributed by atoms with Gasteiger partial charge in [0.25, 0.3) is 5.91 Å². The molecule has 0 bridgehead atoms. The number of hydrogen-bond acceptors (Lipinski definition) is 11. The second-order valence-corrected chi connectivity index (χ2v) is 7.53. The third-order valence-corrected chi connectivity index (χ3v) is 5.23. The van der Waals surface area contributed by atoms with Gasteiger partial charge < -0.3 is 28.7 Å². The monoisotopic (exact) mass is 453 g/mol. The van der Waals surface area contributed by atoms with Crippen molar-refractivity contribution >= 4 is 29.6 Å². The Balaban J connectivity index is 2.04. The summed E-state index contributed by atoms with van der Waals surface area (Å²) in [6.07, 6.45) is -3.12. The molecule has 1 amide bonds. The first-order chi connectivity index (χ1) is 15.1. The van der Waals surface area contributed by atoms with E-state index in [1.807, 2.05) is 0 Å². The maximum Gasteiger partial charge on any atom is 0.303 e. The normalized spacial score (nSPS) is 27.2. The maximum atomic E-state index is 12.8. The van der Waals surface area contributed by atoms with Crippen LogP contribution in [0.3, 0.4) is 0 Å². The molecular weight excluding hydrogens is 426 g/mol. The molecule has 1 aromatic heterocycles. The lowest BCUT2D eigenvalue weighted by molar-refractivity contribution is -0.166. The molecular formula is C19H27N5O8. The van der Waals surface area contributed by atoms with Crippen LogP contribution in [0.5, 0.6) is 0 Å². The van der Waals surface area contributed by atoms with E-state index < -0.39 is 48.7 Å². The van der Waals surface area contributed by atoms with Gasteiger partial charge in [0.1, 0.15) is 18.5 Å². The Morgan fingerprint density at radius 2 is 1.69 bits per heavy atom. The van der Waals surface area contributed by atoms with Crippen LogP contribution in [0, 0.1) is 0 Å². The third kappa shape index (κ3) is 4.25. The van der Waals surface area contributed by atoms with Gasteiger partial charge in [-0.25, -0.2) is 4.98 Å². The van der Waals surface area contributed by atoms with Crippen molar-refractivity contribution in [2.45, 2.75) is 51.6 Å². The molecule has 0 spiro atoms. The molecule has 1 aromatic rings. The van der Waals surface area contributed by atoms with Crippen molar-refractivity contribution in [3.8, 4) is 0 Å². The number of fused-ring (bicyclic) bond motifs is 1. The Morgan fingerprint density at radius 3 is 2.25 bits per heavy atom. The lowest BCUT2D eigenvalue weighted by Crippen LogP contribution is -2.59. The van der Waals surface area contributed by atoms with Crippen molar-refractivity contribution in [3.05, 3.63) is 12.0 Å². The highest BCUT2D eigenvalue weighted by Crippen LogP contribution is 2.39. The number of ether oxygens (including phenoxy) is 4. The van der Waals surface area contributed by atoms with E-state index in [0.29, 0.717) is 5.82 Å². The lowest BCUT2D eigenvalue weighted by Gasteiger charge is -2.40. The standard InChI is InChI=1S/C19H27N5O8/c1-9(25)29-7-12-14(30-10(2)26)15(31-11(3)27)18(32-12)24-8-21-13-16(24)22(5)19(20-4)23(6)17(13)28/h8,12,14-15,18-20H,7H2,1-6H3/t12-,14-,15-,18-,19?/m1/s1. The topological polar surface area (TPSA) is 142 Å². The average Bonchev–Trinajstić information content (AvgIpc) is 3.27. The summed E-state index contributed by atoms with van der Waals surface area (Å²) < 4.78 is 23.5. The van der Waals surface area contributed by atoms with E-state index in [1.165, 1.54) is 32.0 Å². The number of hydrogen-bond donors (Lipinski definition) is 1. The zero-order valence-electron chi connectivity index (χ0n) is 18.7. The molecule has 1 N–H and O–H groups in total. The van der Waals surface area contributed by atoms with Gasteiger partial charge in [-0.1, -0.05) is 0 Å². The molecule has 3 heterocycles. The average molecular weight is 453 g/mol. The van der Waals surface area contributed by atoms with Gasteiger partial charge in [-0.2, -0.15) is 0 Å². The van der Waals surface area contributed by atoms with Crippen molar-refractivity contribution < 1.29 is 38.1 Å². The first-order valence-electron chi connectivity index (χ1n) is 9.94. The summed E-state index contributed by atoms with van der Waals surface area (Å²) in [4.78, 5) is 55.2. The zero-order valence-corrected chi connectivity index (χ0v) is 18.7. The van der Waals surface area contributed by atoms with Gasteiger partial charge in [0.15, 0.2) is 30.4 Å². The van der Waals surface area contributed by atoms with Crippen LogP contribution in [0.1, 0.15) is 37.5 Å². The molecule has 1 saturated heterocycles. The predicted molar refractivity (Wildman–Crippen MR) is 107 cm³/mol. The number of anilines is 1. The van der Waals surface area contributed by atoms with Crippen molar-refractivity contribution in [2.75, 3.05) is 32.6 Å². The van der Waals surface area contributed by atoms with Gasteiger partial charge >= 0.3 is 17.9 Å². The van der Waals surface area contributed by atoms with Gasteiger partial charge in [0.2, 0.25) is 0 Å². The van der Waals surface area contributed by atoms with Gasteiger partial charge in [0.05, 0.1) is 6.33 Å². The number of nitrogens with one attached hydrogen (secondary N) is 1. The minimum Gasteiger partial charge on any atom is -0.463 e. The molecule has 0 radical (unpaired) electrons. The van der Waals surface area contributed by atoms with Crippen LogP contribution >= 0.6 is 0 Å². The first kappa shape index (κ1) is 23.5. The summed E-state index contributed by atoms with van der Waals surface area (Å²) in [5.74, 6) is -1.69. The molecule has 176 valence electrons. The number of aromatic nitrogens is 2. The van der Waals surface area contributed by atoms with Crippen LogP contribution in [0.2, 0.25) is 0 Å². The quantitative estimate of drug-likeness (QED) is 0.429. The molecule has 3 rings (SSSR count). The van der Waals surface area contributed by atoms with Crippen LogP contribution in [0.15, 0.2) is 6.33 Å². The molecule has 0 saturated carbocycles. The predicted octanol–water partition coefficient (Wildman–Crippen LogP) is -0.768. The minimum absolute atomic E-state index is 0.180. The SMILES string of the molecule is CNC1N(C)C(=O)c2ncn([C@@H]3O[C@H](COC(C)=O)[C@@H](OC(C)=O)[C@H]3OC(C)=O)c2N1C. The highest BCUT2D eigenvalue weighted by Gasteiger charge is 2.52. The summed E-state index contributed by atoms with van der Waals surface area (Å²) in [7, 11) is 5.11. The second kappa shape index (κ2) is 9.12. The second-order valence-electron chi connectivity index (χ2n) is 7.53. The molecule has 2 aliphatic rings. The Bertz CT molecular complexity index is 918. The Labute approximate surface area is 184 Å². The molecule has 2 aliphatic heterocycles. The Kier molecular flexibility index (Phi) is 6.69. The minimum atomic E-state index is -1.08. The van der Waals surface area contributed by atoms with E-state index in [2.05, 4.69) is 10.3 Å². The number of nitrogens with zero attached hydrogens (tertiary/aromatic N) is 4. The van der Waals surface area contributed by atoms with Gasteiger partial charge in [-0.3, -0.25) is 29.1 Å². The smallest absolute Gasteiger partial charge is 0.303 e. The lowest BCUT2D eigenvalue weighted by atomic mass is 10.1. The highest BCUT2D eigenvalue weighted by atomic mass is 16.7. The number of imidazole rings is 1. The summed E-state index contributed by atoms with van der Waals surface area (Å²) in [6.45, 7) is 3.43. The van der Waals surface area contributed by atoms with Gasteiger partial charge in [0, 0.05) is 34.9 Å². The van der Waals surface area contributed by atoms with Crippen LogP contribution in [0.4, 0.5) is 5.82 Å². The highest BCUT2D eigenvalue weighted by molar-refractivity contribution is 5.99. The van der Waals surface area contributed by atoms with Crippen LogP contribution < -0.4 is 10.2 Å². The third-order valence-electron chi connectivity index (χ3n) is 5.23. The molecule has 1 fully saturated rings. The van der Waals surface area contributed by atoms with Crippen LogP contribution in [-0.2, 0) is 33.3 Å². The summed E-state index contributed by atoms with van der Waals surface area (Å²) >= 11 is 0. The molecule has 0 aliphatic carbocycles. The van der Waals surface area contributed by atoms with Gasteiger partial charge in [-0.05, 0) is 7.05 Å². The molecule has 1 unspecified atom stereocenters. The summed E-state index contributed by atoms with van der Waals surface area (Å²) in [5.41, 5.74) is 0.180. The molecule has 0 aromatic carbocycles. The summed E-state index contributed by atoms with van der Waals surface area (Å²) in [6, 6.07) is 0. The fraction of sp³-hybridized carbons (Fsp3) is 0.632. The van der Waals surface area contributed by atoms with E-state index >= 15 is 0 Å². The Hall–Kier alpha value is -3.19. The number of esters is 3. The molecule has 13 heteroatoms. The van der Waals surface area contributed by atoms with E-state index in [0.717, 1.165) is 0 Å². The largest absolute Gasteiger partial charge is 0.463 e. The van der Waals surface area contributed by atoms with Gasteiger partial charge in [-0.15, -0.1) is 0 Å². The van der Waals surface area contributed by atoms with Crippen molar-refractivity contribution in [1.29, 1.82) is 0 Å². The Morgan fingerprint density at radius 1 is 1.06 bits per heavy atom. The number of amides is 1. The molecule has 5 atom stereocenters. The van der Waals surface area contributed by atoms with Crippen molar-refractivity contribution in [2.24, 2.45) is 0 Å². The summed E-state index contributed by atoms with van der Waals surface area (Å²) in [5, 5.41) is 3.04. The van der Waals surface area contributed by atoms with E-state index in [4.69, 9.17) is 18.9 Å². The molecule has 13 nitrogen and oxygen atoms in total. The van der Waals surface area contributed by atoms with E-state index in [-0.39, 0.29) is 18.2 Å². The maximum absolute atomic E-state index is 12.8. The van der Waals surface area contributed by atoms with Crippen LogP contribution in [0.25, 0.3) is 0 Å². The first-order valence-corrected chi connectivity index (χ1v) is 9.94. The van der Waals surface area contributed by atoms with E-state index in [9.17, 15) is 19.2 Å². The van der Waals surface area contributed by atoms with Crippen molar-refractivity contribution in [1.82, 2.24) is 19.8 Å². The number of carbonyl (C=O) groups excluding carboxylic acids is 4. The van der Waals surface area contributed by atoms with E-state index in [1.54, 1.807) is 30.6 Å². The zero-order chi connectivity index (χ0) is 23.7. The number of rotatable bonds is 6. The fourth-order valence-electron chi connectivity index (χ4n) is 4.00. The molecule has 32 heavy (non-hydrogen) atoms. The number of carbonyl (C=O) groups is 4. The fourth-order valence-corrected chi connectivity index (χ4v) is 4.00. The van der Waals surface area contributed by atoms with Crippen molar-refractivity contribution in [3.63, 3.8) is 0 Å².